The molecule has 0 atom stereocenters. The van der Waals surface area contributed by atoms with Gasteiger partial charge in [0.05, 0.1) is 10.7 Å². The molecule has 0 aliphatic heterocycles. The molecule has 0 radical (unpaired) electrons. The number of halogens is 2. The average molecular weight is 308 g/mol. The summed E-state index contributed by atoms with van der Waals surface area (Å²) in [5.74, 6) is -0.814. The van der Waals surface area contributed by atoms with Gasteiger partial charge in [-0.15, -0.1) is 0 Å². The third-order valence-electron chi connectivity index (χ3n) is 2.87. The summed E-state index contributed by atoms with van der Waals surface area (Å²) in [5.41, 5.74) is 6.69. The minimum Gasteiger partial charge on any atom is -0.384 e. The van der Waals surface area contributed by atoms with E-state index in [1.807, 2.05) is 6.92 Å². The van der Waals surface area contributed by atoms with Crippen LogP contribution < -0.4 is 11.1 Å². The molecule has 1 heterocycles. The quantitative estimate of drug-likeness (QED) is 0.905. The van der Waals surface area contributed by atoms with Crippen LogP contribution in [-0.2, 0) is 6.42 Å². The number of anilines is 2. The average Bonchev–Trinajstić information content (AvgIpc) is 2.42. The molecule has 0 fully saturated rings. The van der Waals surface area contributed by atoms with Gasteiger partial charge in [-0.25, -0.2) is 9.37 Å². The van der Waals surface area contributed by atoms with Crippen LogP contribution in [0, 0.1) is 5.82 Å². The summed E-state index contributed by atoms with van der Waals surface area (Å²) in [5, 5.41) is 2.60. The van der Waals surface area contributed by atoms with Gasteiger partial charge in [-0.05, 0) is 30.7 Å². The first kappa shape index (κ1) is 15.3. The van der Waals surface area contributed by atoms with Crippen LogP contribution in [0.15, 0.2) is 30.3 Å². The van der Waals surface area contributed by atoms with E-state index in [2.05, 4.69) is 10.3 Å². The molecule has 2 rings (SSSR count). The molecule has 0 saturated carbocycles. The third-order valence-corrected chi connectivity index (χ3v) is 3.18. The van der Waals surface area contributed by atoms with E-state index in [1.54, 1.807) is 6.07 Å². The van der Waals surface area contributed by atoms with Gasteiger partial charge in [-0.2, -0.15) is 0 Å². The maximum absolute atomic E-state index is 13.7. The Kier molecular flexibility index (Phi) is 4.75. The lowest BCUT2D eigenvalue weighted by atomic mass is 10.1. The molecule has 0 aliphatic rings. The number of hydrogen-bond donors (Lipinski definition) is 2. The van der Waals surface area contributed by atoms with E-state index in [1.165, 1.54) is 24.3 Å². The van der Waals surface area contributed by atoms with Crippen LogP contribution in [0.25, 0.3) is 0 Å². The fourth-order valence-corrected chi connectivity index (χ4v) is 2.14. The molecule has 6 heteroatoms. The number of amides is 1. The van der Waals surface area contributed by atoms with Crippen LogP contribution in [-0.4, -0.2) is 10.9 Å². The lowest BCUT2D eigenvalue weighted by molar-refractivity contribution is 0.102. The molecule has 0 unspecified atom stereocenters. The van der Waals surface area contributed by atoms with E-state index < -0.39 is 11.7 Å². The van der Waals surface area contributed by atoms with E-state index in [9.17, 15) is 9.18 Å². The van der Waals surface area contributed by atoms with Crippen molar-refractivity contribution in [3.63, 3.8) is 0 Å². The maximum Gasteiger partial charge on any atom is 0.255 e. The SMILES string of the molecule is CCCc1cc(C(=O)Nc2c(F)cccc2Cl)cc(N)n1. The summed E-state index contributed by atoms with van der Waals surface area (Å²) in [6, 6.07) is 7.29. The van der Waals surface area contributed by atoms with E-state index in [4.69, 9.17) is 17.3 Å². The Bertz CT molecular complexity index is 656. The minimum atomic E-state index is -0.591. The predicted molar refractivity (Wildman–Crippen MR) is 82.0 cm³/mol. The number of hydrogen-bond acceptors (Lipinski definition) is 3. The molecule has 4 nitrogen and oxygen atoms in total. The Hall–Kier alpha value is -2.14. The topological polar surface area (TPSA) is 68.0 Å². The number of pyridine rings is 1. The maximum atomic E-state index is 13.7. The molecule has 3 N–H and O–H groups in total. The third kappa shape index (κ3) is 3.70. The Balaban J connectivity index is 2.28. The van der Waals surface area contributed by atoms with Gasteiger partial charge in [-0.1, -0.05) is 31.0 Å². The molecule has 1 amide bonds. The minimum absolute atomic E-state index is 0.0448. The number of aryl methyl sites for hydroxylation is 1. The molecule has 2 aromatic rings. The number of para-hydroxylation sites is 1. The van der Waals surface area contributed by atoms with Crippen LogP contribution in [0.2, 0.25) is 5.02 Å². The monoisotopic (exact) mass is 307 g/mol. The van der Waals surface area contributed by atoms with Gasteiger partial charge < -0.3 is 11.1 Å². The normalized spacial score (nSPS) is 10.4. The first-order valence-corrected chi connectivity index (χ1v) is 6.91. The largest absolute Gasteiger partial charge is 0.384 e. The zero-order valence-corrected chi connectivity index (χ0v) is 12.2. The lowest BCUT2D eigenvalue weighted by Crippen LogP contribution is -2.15. The van der Waals surface area contributed by atoms with Crippen molar-refractivity contribution in [1.82, 2.24) is 4.98 Å². The summed E-state index contributed by atoms with van der Waals surface area (Å²) in [6.45, 7) is 2.00. The number of rotatable bonds is 4. The molecular weight excluding hydrogens is 293 g/mol. The van der Waals surface area contributed by atoms with Crippen molar-refractivity contribution >= 4 is 29.0 Å². The smallest absolute Gasteiger partial charge is 0.255 e. The van der Waals surface area contributed by atoms with Crippen LogP contribution in [0.4, 0.5) is 15.9 Å². The first-order chi connectivity index (χ1) is 10.0. The van der Waals surface area contributed by atoms with E-state index in [0.29, 0.717) is 12.0 Å². The second-order valence-electron chi connectivity index (χ2n) is 4.57. The summed E-state index contributed by atoms with van der Waals surface area (Å²) < 4.78 is 13.7. The highest BCUT2D eigenvalue weighted by molar-refractivity contribution is 6.34. The number of aromatic nitrogens is 1. The van der Waals surface area contributed by atoms with Gasteiger partial charge in [-0.3, -0.25) is 4.79 Å². The highest BCUT2D eigenvalue weighted by Gasteiger charge is 2.13. The van der Waals surface area contributed by atoms with Crippen LogP contribution in [0.3, 0.4) is 0 Å². The predicted octanol–water partition coefficient (Wildman–Crippen LogP) is 3.66. The summed E-state index contributed by atoms with van der Waals surface area (Å²) >= 11 is 5.88. The summed E-state index contributed by atoms with van der Waals surface area (Å²) in [6.07, 6.45) is 1.60. The van der Waals surface area contributed by atoms with Crippen molar-refractivity contribution in [3.8, 4) is 0 Å². The molecule has 0 saturated heterocycles. The Labute approximate surface area is 127 Å². The second kappa shape index (κ2) is 6.54. The zero-order chi connectivity index (χ0) is 15.4. The van der Waals surface area contributed by atoms with Crippen molar-refractivity contribution in [2.24, 2.45) is 0 Å². The molecule has 0 spiro atoms. The zero-order valence-electron chi connectivity index (χ0n) is 11.5. The number of benzene rings is 1. The van der Waals surface area contributed by atoms with Gasteiger partial charge in [0.2, 0.25) is 0 Å². The van der Waals surface area contributed by atoms with E-state index in [0.717, 1.165) is 12.1 Å². The number of nitrogens with two attached hydrogens (primary N) is 1. The van der Waals surface area contributed by atoms with Crippen molar-refractivity contribution < 1.29 is 9.18 Å². The molecule has 0 bridgehead atoms. The summed E-state index contributed by atoms with van der Waals surface area (Å²) in [7, 11) is 0. The van der Waals surface area contributed by atoms with Gasteiger partial charge in [0.15, 0.2) is 0 Å². The number of carbonyl (C=O) groups excluding carboxylic acids is 1. The Morgan fingerprint density at radius 2 is 2.19 bits per heavy atom. The Morgan fingerprint density at radius 1 is 1.43 bits per heavy atom. The van der Waals surface area contributed by atoms with Crippen molar-refractivity contribution in [2.45, 2.75) is 19.8 Å². The fourth-order valence-electron chi connectivity index (χ4n) is 1.93. The number of carbonyl (C=O) groups is 1. The number of nitrogens with zero attached hydrogens (tertiary/aromatic N) is 1. The summed E-state index contributed by atoms with van der Waals surface area (Å²) in [4.78, 5) is 16.4. The van der Waals surface area contributed by atoms with Crippen LogP contribution in [0.5, 0.6) is 0 Å². The highest BCUT2D eigenvalue weighted by atomic mass is 35.5. The molecule has 21 heavy (non-hydrogen) atoms. The van der Waals surface area contributed by atoms with Crippen molar-refractivity contribution in [2.75, 3.05) is 11.1 Å². The van der Waals surface area contributed by atoms with Crippen molar-refractivity contribution in [1.29, 1.82) is 0 Å². The van der Waals surface area contributed by atoms with Gasteiger partial charge in [0, 0.05) is 11.3 Å². The first-order valence-electron chi connectivity index (χ1n) is 6.53. The van der Waals surface area contributed by atoms with E-state index >= 15 is 0 Å². The molecule has 1 aromatic heterocycles. The highest BCUT2D eigenvalue weighted by Crippen LogP contribution is 2.25. The van der Waals surface area contributed by atoms with E-state index in [-0.39, 0.29) is 16.5 Å². The second-order valence-corrected chi connectivity index (χ2v) is 4.98. The molecule has 1 aromatic carbocycles. The fraction of sp³-hybridized carbons (Fsp3) is 0.200. The van der Waals surface area contributed by atoms with Gasteiger partial charge in [0.1, 0.15) is 11.6 Å². The molecule has 110 valence electrons. The number of nitrogens with one attached hydrogen (secondary N) is 1. The molecule has 0 aliphatic carbocycles. The Morgan fingerprint density at radius 3 is 2.86 bits per heavy atom. The standard InChI is InChI=1S/C15H15ClFN3O/c1-2-4-10-7-9(8-13(18)19-10)15(21)20-14-11(16)5-3-6-12(14)17/h3,5-8H,2,4H2,1H3,(H2,18,19)(H,20,21). The lowest BCUT2D eigenvalue weighted by Gasteiger charge is -2.09. The molecular formula is C15H15ClFN3O. The van der Waals surface area contributed by atoms with Gasteiger partial charge in [0.25, 0.3) is 5.91 Å². The van der Waals surface area contributed by atoms with Crippen molar-refractivity contribution in [3.05, 3.63) is 52.4 Å². The van der Waals surface area contributed by atoms with Crippen LogP contribution in [0.1, 0.15) is 29.4 Å². The van der Waals surface area contributed by atoms with Crippen LogP contribution >= 0.6 is 11.6 Å². The number of nitrogen functional groups attached to an aromatic ring is 1. The van der Waals surface area contributed by atoms with Gasteiger partial charge >= 0.3 is 0 Å².